The van der Waals surface area contributed by atoms with E-state index in [2.05, 4.69) is 20.4 Å². The molecule has 0 atom stereocenters. The third-order valence-electron chi connectivity index (χ3n) is 2.88. The summed E-state index contributed by atoms with van der Waals surface area (Å²) < 4.78 is 0. The molecule has 0 radical (unpaired) electrons. The second-order valence-corrected chi connectivity index (χ2v) is 4.57. The lowest BCUT2D eigenvalue weighted by molar-refractivity contribution is 0.473. The molecule has 1 aromatic rings. The zero-order valence-corrected chi connectivity index (χ0v) is 11.9. The Bertz CT molecular complexity index is 517. The zero-order valence-electron chi connectivity index (χ0n) is 11.9. The summed E-state index contributed by atoms with van der Waals surface area (Å²) in [7, 11) is 0. The quantitative estimate of drug-likeness (QED) is 0.387. The molecule has 0 amide bonds. The number of nitrogens with one attached hydrogen (secondary N) is 1. The van der Waals surface area contributed by atoms with E-state index in [1.54, 1.807) is 0 Å². The summed E-state index contributed by atoms with van der Waals surface area (Å²) >= 11 is 0. The standard InChI is InChI=1S/C14H21N7/c15-13(16)17-7-4-8-18-14-19-9-10-21(14)20-11-12-5-2-1-3-6-12/h1-3,5-6,11H,4,7-10H2,(H,18,19)(H4,15,16,17). The number of nitrogens with zero attached hydrogens (tertiary/aromatic N) is 4. The minimum absolute atomic E-state index is 0.127. The zero-order chi connectivity index (χ0) is 14.9. The second kappa shape index (κ2) is 7.88. The third-order valence-corrected chi connectivity index (χ3v) is 2.88. The van der Waals surface area contributed by atoms with Crippen molar-refractivity contribution in [3.05, 3.63) is 35.9 Å². The fraction of sp³-hybridized carbons (Fsp3) is 0.357. The van der Waals surface area contributed by atoms with Gasteiger partial charge in [-0.15, -0.1) is 0 Å². The average Bonchev–Trinajstić information content (AvgIpc) is 2.93. The first-order valence-corrected chi connectivity index (χ1v) is 6.96. The van der Waals surface area contributed by atoms with E-state index in [0.29, 0.717) is 6.54 Å². The Morgan fingerprint density at radius 2 is 2.14 bits per heavy atom. The van der Waals surface area contributed by atoms with Crippen LogP contribution in [0.25, 0.3) is 0 Å². The molecule has 0 bridgehead atoms. The van der Waals surface area contributed by atoms with Crippen LogP contribution in [0.2, 0.25) is 0 Å². The van der Waals surface area contributed by atoms with E-state index >= 15 is 0 Å². The highest BCUT2D eigenvalue weighted by Crippen LogP contribution is 2.02. The van der Waals surface area contributed by atoms with Gasteiger partial charge in [0.15, 0.2) is 5.96 Å². The van der Waals surface area contributed by atoms with Gasteiger partial charge >= 0.3 is 0 Å². The number of aliphatic imine (C=N–C) groups is 2. The molecule has 5 N–H and O–H groups in total. The number of hydrogen-bond donors (Lipinski definition) is 3. The first kappa shape index (κ1) is 14.8. The lowest BCUT2D eigenvalue weighted by atomic mass is 10.2. The van der Waals surface area contributed by atoms with Gasteiger partial charge < -0.3 is 16.8 Å². The molecule has 112 valence electrons. The van der Waals surface area contributed by atoms with Crippen LogP contribution in [-0.4, -0.2) is 49.3 Å². The second-order valence-electron chi connectivity index (χ2n) is 4.57. The van der Waals surface area contributed by atoms with Crippen molar-refractivity contribution in [2.24, 2.45) is 26.6 Å². The maximum atomic E-state index is 5.27. The van der Waals surface area contributed by atoms with E-state index in [1.165, 1.54) is 0 Å². The molecule has 7 nitrogen and oxygen atoms in total. The fourth-order valence-corrected chi connectivity index (χ4v) is 1.86. The average molecular weight is 287 g/mol. The van der Waals surface area contributed by atoms with Gasteiger partial charge in [-0.2, -0.15) is 5.10 Å². The van der Waals surface area contributed by atoms with Gasteiger partial charge in [-0.3, -0.25) is 4.99 Å². The summed E-state index contributed by atoms with van der Waals surface area (Å²) in [4.78, 5) is 8.33. The molecule has 0 aromatic heterocycles. The molecule has 21 heavy (non-hydrogen) atoms. The molecule has 0 fully saturated rings. The predicted molar refractivity (Wildman–Crippen MR) is 86.3 cm³/mol. The van der Waals surface area contributed by atoms with Crippen molar-refractivity contribution in [2.45, 2.75) is 6.42 Å². The summed E-state index contributed by atoms with van der Waals surface area (Å²) in [5.41, 5.74) is 11.6. The van der Waals surface area contributed by atoms with E-state index in [-0.39, 0.29) is 5.96 Å². The van der Waals surface area contributed by atoms with Crippen LogP contribution in [0.5, 0.6) is 0 Å². The van der Waals surface area contributed by atoms with Gasteiger partial charge in [-0.1, -0.05) is 30.3 Å². The molecule has 1 aromatic carbocycles. The molecule has 1 heterocycles. The fourth-order valence-electron chi connectivity index (χ4n) is 1.86. The van der Waals surface area contributed by atoms with Crippen LogP contribution in [-0.2, 0) is 0 Å². The van der Waals surface area contributed by atoms with E-state index in [1.807, 2.05) is 41.6 Å². The molecule has 0 saturated carbocycles. The van der Waals surface area contributed by atoms with Crippen LogP contribution in [0.3, 0.4) is 0 Å². The Hall–Kier alpha value is -2.57. The summed E-state index contributed by atoms with van der Waals surface area (Å²) in [6.45, 7) is 2.91. The Morgan fingerprint density at radius 3 is 2.90 bits per heavy atom. The molecular formula is C14H21N7. The SMILES string of the molecule is NC(N)=NCCCNC1=NCCN1N=Cc1ccccc1. The van der Waals surface area contributed by atoms with Crippen LogP contribution in [0.15, 0.2) is 45.4 Å². The number of rotatable bonds is 6. The highest BCUT2D eigenvalue weighted by molar-refractivity contribution is 5.84. The van der Waals surface area contributed by atoms with Crippen molar-refractivity contribution in [1.82, 2.24) is 10.3 Å². The van der Waals surface area contributed by atoms with E-state index in [4.69, 9.17) is 11.5 Å². The van der Waals surface area contributed by atoms with Crippen LogP contribution in [0, 0.1) is 0 Å². The lowest BCUT2D eigenvalue weighted by Crippen LogP contribution is -2.36. The normalized spacial score (nSPS) is 14.3. The molecule has 7 heteroatoms. The van der Waals surface area contributed by atoms with Gasteiger partial charge in [0.05, 0.1) is 19.3 Å². The summed E-state index contributed by atoms with van der Waals surface area (Å²) in [6, 6.07) is 9.99. The van der Waals surface area contributed by atoms with Crippen molar-refractivity contribution in [1.29, 1.82) is 0 Å². The molecule has 1 aliphatic rings. The van der Waals surface area contributed by atoms with E-state index in [0.717, 1.165) is 37.6 Å². The molecule has 2 rings (SSSR count). The van der Waals surface area contributed by atoms with Crippen molar-refractivity contribution < 1.29 is 0 Å². The lowest BCUT2D eigenvalue weighted by Gasteiger charge is -2.15. The Balaban J connectivity index is 1.78. The predicted octanol–water partition coefficient (Wildman–Crippen LogP) is -0.0548. The van der Waals surface area contributed by atoms with E-state index < -0.39 is 0 Å². The minimum Gasteiger partial charge on any atom is -0.370 e. The summed E-state index contributed by atoms with van der Waals surface area (Å²) in [5, 5.41) is 9.57. The van der Waals surface area contributed by atoms with Gasteiger partial charge in [-0.25, -0.2) is 10.0 Å². The Morgan fingerprint density at radius 1 is 1.33 bits per heavy atom. The molecule has 1 aliphatic heterocycles. The number of guanidine groups is 2. The van der Waals surface area contributed by atoms with Gasteiger partial charge in [0.1, 0.15) is 0 Å². The molecular weight excluding hydrogens is 266 g/mol. The number of nitrogens with two attached hydrogens (primary N) is 2. The molecule has 0 saturated heterocycles. The van der Waals surface area contributed by atoms with Crippen molar-refractivity contribution in [3.63, 3.8) is 0 Å². The molecule has 0 aliphatic carbocycles. The smallest absolute Gasteiger partial charge is 0.214 e. The largest absolute Gasteiger partial charge is 0.370 e. The monoisotopic (exact) mass is 287 g/mol. The third kappa shape index (κ3) is 5.13. The van der Waals surface area contributed by atoms with Crippen LogP contribution < -0.4 is 16.8 Å². The van der Waals surface area contributed by atoms with E-state index in [9.17, 15) is 0 Å². The van der Waals surface area contributed by atoms with Gasteiger partial charge in [0, 0.05) is 13.1 Å². The number of hydrazone groups is 1. The Kier molecular flexibility index (Phi) is 5.57. The topological polar surface area (TPSA) is 104 Å². The van der Waals surface area contributed by atoms with Gasteiger partial charge in [0.25, 0.3) is 0 Å². The number of benzene rings is 1. The van der Waals surface area contributed by atoms with Crippen molar-refractivity contribution >= 4 is 18.1 Å². The van der Waals surface area contributed by atoms with Gasteiger partial charge in [0.2, 0.25) is 5.96 Å². The summed E-state index contributed by atoms with van der Waals surface area (Å²) in [6.07, 6.45) is 2.68. The highest BCUT2D eigenvalue weighted by atomic mass is 15.5. The first-order valence-electron chi connectivity index (χ1n) is 6.96. The minimum atomic E-state index is 0.127. The number of hydrogen-bond acceptors (Lipinski definition) is 5. The first-order chi connectivity index (χ1) is 10.3. The summed E-state index contributed by atoms with van der Waals surface area (Å²) in [5.74, 6) is 0.925. The maximum absolute atomic E-state index is 5.27. The van der Waals surface area contributed by atoms with Crippen LogP contribution >= 0.6 is 0 Å². The van der Waals surface area contributed by atoms with Crippen molar-refractivity contribution in [2.75, 3.05) is 26.2 Å². The molecule has 0 spiro atoms. The Labute approximate surface area is 124 Å². The van der Waals surface area contributed by atoms with Crippen molar-refractivity contribution in [3.8, 4) is 0 Å². The van der Waals surface area contributed by atoms with Crippen LogP contribution in [0.4, 0.5) is 0 Å². The van der Waals surface area contributed by atoms with Crippen LogP contribution in [0.1, 0.15) is 12.0 Å². The highest BCUT2D eigenvalue weighted by Gasteiger charge is 2.14. The molecule has 0 unspecified atom stereocenters. The van der Waals surface area contributed by atoms with Gasteiger partial charge in [-0.05, 0) is 12.0 Å². The maximum Gasteiger partial charge on any atom is 0.214 e.